The minimum atomic E-state index is -0.936. The van der Waals surface area contributed by atoms with E-state index >= 15 is 0 Å². The number of thiophene rings is 1. The zero-order valence-electron chi connectivity index (χ0n) is 11.6. The third-order valence-electron chi connectivity index (χ3n) is 2.80. The van der Waals surface area contributed by atoms with Crippen LogP contribution in [0.15, 0.2) is 12.1 Å². The Hall–Kier alpha value is -0.950. The molecule has 0 fully saturated rings. The highest BCUT2D eigenvalue weighted by atomic mass is 32.1. The van der Waals surface area contributed by atoms with Crippen LogP contribution in [0.25, 0.3) is 0 Å². The first kappa shape index (κ1) is 17.1. The maximum absolute atomic E-state index is 11.7. The van der Waals surface area contributed by atoms with Crippen LogP contribution in [0.4, 0.5) is 0 Å². The van der Waals surface area contributed by atoms with Gasteiger partial charge in [-0.3, -0.25) is 0 Å². The van der Waals surface area contributed by atoms with Gasteiger partial charge in [0.25, 0.3) is 0 Å². The molecule has 0 saturated carbocycles. The van der Waals surface area contributed by atoms with Crippen LogP contribution in [0.3, 0.4) is 0 Å². The zero-order valence-corrected chi connectivity index (χ0v) is 12.4. The Kier molecular flexibility index (Phi) is 7.76. The number of esters is 1. The van der Waals surface area contributed by atoms with Gasteiger partial charge in [0, 0.05) is 17.7 Å². The molecule has 114 valence electrons. The number of aryl methyl sites for hydroxylation is 1. The van der Waals surface area contributed by atoms with Gasteiger partial charge in [0.05, 0.1) is 25.4 Å². The number of ether oxygens (including phenoxy) is 1. The molecule has 2 unspecified atom stereocenters. The van der Waals surface area contributed by atoms with Gasteiger partial charge in [0.15, 0.2) is 0 Å². The molecule has 3 N–H and O–H groups in total. The molecule has 0 aliphatic rings. The van der Waals surface area contributed by atoms with E-state index in [-0.39, 0.29) is 32.0 Å². The number of aliphatic hydroxyl groups excluding tert-OH is 3. The second-order valence-corrected chi connectivity index (χ2v) is 5.83. The summed E-state index contributed by atoms with van der Waals surface area (Å²) in [5, 5.41) is 27.3. The number of carbonyl (C=O) groups excluding carboxylic acids is 1. The predicted octanol–water partition coefficient (Wildman–Crippen LogP) is 1.35. The Morgan fingerprint density at radius 2 is 2.10 bits per heavy atom. The van der Waals surface area contributed by atoms with Gasteiger partial charge >= 0.3 is 5.97 Å². The SMILES string of the molecule is CCCc1ccc(C(=O)OCCC(O)CC(O)CO)s1. The zero-order chi connectivity index (χ0) is 15.0. The molecular weight excluding hydrogens is 280 g/mol. The summed E-state index contributed by atoms with van der Waals surface area (Å²) in [4.78, 5) is 13.5. The van der Waals surface area contributed by atoms with Crippen molar-refractivity contribution in [2.45, 2.75) is 44.8 Å². The van der Waals surface area contributed by atoms with Crippen molar-refractivity contribution in [2.24, 2.45) is 0 Å². The number of rotatable bonds is 9. The highest BCUT2D eigenvalue weighted by Gasteiger charge is 2.14. The third-order valence-corrected chi connectivity index (χ3v) is 3.92. The maximum Gasteiger partial charge on any atom is 0.348 e. The third kappa shape index (κ3) is 6.00. The molecule has 20 heavy (non-hydrogen) atoms. The summed E-state index contributed by atoms with van der Waals surface area (Å²) >= 11 is 1.43. The molecule has 0 spiro atoms. The molecule has 1 heterocycles. The summed E-state index contributed by atoms with van der Waals surface area (Å²) in [6.45, 7) is 1.80. The fourth-order valence-corrected chi connectivity index (χ4v) is 2.74. The van der Waals surface area contributed by atoms with Crippen LogP contribution in [0.2, 0.25) is 0 Å². The summed E-state index contributed by atoms with van der Waals surface area (Å²) in [6, 6.07) is 3.68. The van der Waals surface area contributed by atoms with Crippen molar-refractivity contribution in [3.05, 3.63) is 21.9 Å². The normalized spacial score (nSPS) is 14.0. The Bertz CT molecular complexity index is 404. The maximum atomic E-state index is 11.7. The second-order valence-electron chi connectivity index (χ2n) is 4.67. The summed E-state index contributed by atoms with van der Waals surface area (Å²) in [5.74, 6) is -0.382. The van der Waals surface area contributed by atoms with Crippen molar-refractivity contribution in [3.8, 4) is 0 Å². The molecule has 0 aliphatic heterocycles. The predicted molar refractivity (Wildman–Crippen MR) is 76.9 cm³/mol. The van der Waals surface area contributed by atoms with Crippen LogP contribution < -0.4 is 0 Å². The lowest BCUT2D eigenvalue weighted by Crippen LogP contribution is -2.22. The summed E-state index contributed by atoms with van der Waals surface area (Å²) < 4.78 is 5.07. The smallest absolute Gasteiger partial charge is 0.348 e. The van der Waals surface area contributed by atoms with Crippen molar-refractivity contribution < 1.29 is 24.9 Å². The quantitative estimate of drug-likeness (QED) is 0.599. The van der Waals surface area contributed by atoms with E-state index in [1.807, 2.05) is 6.07 Å². The van der Waals surface area contributed by atoms with Crippen LogP contribution in [-0.4, -0.2) is 46.7 Å². The molecule has 6 heteroatoms. The Morgan fingerprint density at radius 1 is 1.35 bits per heavy atom. The van der Waals surface area contributed by atoms with Crippen molar-refractivity contribution >= 4 is 17.3 Å². The fourth-order valence-electron chi connectivity index (χ4n) is 1.73. The van der Waals surface area contributed by atoms with Gasteiger partial charge in [-0.05, 0) is 18.6 Å². The van der Waals surface area contributed by atoms with E-state index < -0.39 is 12.2 Å². The molecule has 2 atom stereocenters. The van der Waals surface area contributed by atoms with Crippen LogP contribution in [0.5, 0.6) is 0 Å². The lowest BCUT2D eigenvalue weighted by molar-refractivity contribution is 0.0225. The van der Waals surface area contributed by atoms with Crippen molar-refractivity contribution in [2.75, 3.05) is 13.2 Å². The fraction of sp³-hybridized carbons (Fsp3) is 0.643. The van der Waals surface area contributed by atoms with Crippen molar-refractivity contribution in [1.29, 1.82) is 0 Å². The van der Waals surface area contributed by atoms with E-state index in [0.717, 1.165) is 17.7 Å². The van der Waals surface area contributed by atoms with E-state index in [1.54, 1.807) is 6.07 Å². The van der Waals surface area contributed by atoms with E-state index in [1.165, 1.54) is 11.3 Å². The molecule has 1 aromatic heterocycles. The lowest BCUT2D eigenvalue weighted by atomic mass is 10.1. The van der Waals surface area contributed by atoms with Gasteiger partial charge in [-0.2, -0.15) is 0 Å². The van der Waals surface area contributed by atoms with Crippen LogP contribution >= 0.6 is 11.3 Å². The van der Waals surface area contributed by atoms with E-state index in [4.69, 9.17) is 14.9 Å². The van der Waals surface area contributed by atoms with Crippen molar-refractivity contribution in [3.63, 3.8) is 0 Å². The van der Waals surface area contributed by atoms with Gasteiger partial charge in [-0.15, -0.1) is 11.3 Å². The summed E-state index contributed by atoms with van der Waals surface area (Å²) in [7, 11) is 0. The number of hydrogen-bond acceptors (Lipinski definition) is 6. The first-order chi connectivity index (χ1) is 9.56. The van der Waals surface area contributed by atoms with E-state index in [0.29, 0.717) is 4.88 Å². The second kappa shape index (κ2) is 9.07. The minimum absolute atomic E-state index is 0.0771. The van der Waals surface area contributed by atoms with Crippen LogP contribution in [-0.2, 0) is 11.2 Å². The van der Waals surface area contributed by atoms with Gasteiger partial charge in [-0.1, -0.05) is 13.3 Å². The molecule has 0 aliphatic carbocycles. The molecule has 1 rings (SSSR count). The summed E-state index contributed by atoms with van der Waals surface area (Å²) in [6.07, 6.45) is 0.590. The number of carbonyl (C=O) groups is 1. The molecular formula is C14H22O5S. The van der Waals surface area contributed by atoms with Gasteiger partial charge < -0.3 is 20.1 Å². The molecule has 0 bridgehead atoms. The standard InChI is InChI=1S/C14H22O5S/c1-2-3-12-4-5-13(20-12)14(18)19-7-6-10(16)8-11(17)9-15/h4-5,10-11,15-17H,2-3,6-9H2,1H3. The number of aliphatic hydroxyl groups is 3. The minimum Gasteiger partial charge on any atom is -0.461 e. The molecule has 5 nitrogen and oxygen atoms in total. The number of hydrogen-bond donors (Lipinski definition) is 3. The molecule has 0 saturated heterocycles. The Balaban J connectivity index is 2.28. The first-order valence-electron chi connectivity index (χ1n) is 6.79. The van der Waals surface area contributed by atoms with Gasteiger partial charge in [0.2, 0.25) is 0 Å². The molecule has 0 aromatic carbocycles. The van der Waals surface area contributed by atoms with Gasteiger partial charge in [0.1, 0.15) is 4.88 Å². The molecule has 1 aromatic rings. The molecule has 0 radical (unpaired) electrons. The average molecular weight is 302 g/mol. The highest BCUT2D eigenvalue weighted by molar-refractivity contribution is 7.13. The van der Waals surface area contributed by atoms with Crippen LogP contribution in [0, 0.1) is 0 Å². The van der Waals surface area contributed by atoms with E-state index in [2.05, 4.69) is 6.92 Å². The Morgan fingerprint density at radius 3 is 2.75 bits per heavy atom. The van der Waals surface area contributed by atoms with Gasteiger partial charge in [-0.25, -0.2) is 4.79 Å². The Labute approximate surface area is 122 Å². The summed E-state index contributed by atoms with van der Waals surface area (Å²) in [5.41, 5.74) is 0. The first-order valence-corrected chi connectivity index (χ1v) is 7.61. The highest BCUT2D eigenvalue weighted by Crippen LogP contribution is 2.19. The van der Waals surface area contributed by atoms with Crippen LogP contribution in [0.1, 0.15) is 40.7 Å². The largest absolute Gasteiger partial charge is 0.461 e. The monoisotopic (exact) mass is 302 g/mol. The lowest BCUT2D eigenvalue weighted by Gasteiger charge is -2.13. The van der Waals surface area contributed by atoms with E-state index in [9.17, 15) is 9.90 Å². The average Bonchev–Trinajstić information content (AvgIpc) is 2.87. The topological polar surface area (TPSA) is 87.0 Å². The van der Waals surface area contributed by atoms with Crippen molar-refractivity contribution in [1.82, 2.24) is 0 Å². The molecule has 0 amide bonds.